The van der Waals surface area contributed by atoms with Gasteiger partial charge in [-0.3, -0.25) is 19.6 Å². The minimum Gasteiger partial charge on any atom is -0.476 e. The van der Waals surface area contributed by atoms with Crippen molar-refractivity contribution in [1.82, 2.24) is 30.2 Å². The van der Waals surface area contributed by atoms with Gasteiger partial charge in [-0.25, -0.2) is 25.2 Å². The molecule has 2 unspecified atom stereocenters. The number of thiazole rings is 1. The number of benzene rings is 1. The lowest BCUT2D eigenvalue weighted by molar-refractivity contribution is -0.265. The van der Waals surface area contributed by atoms with Crippen molar-refractivity contribution in [2.75, 3.05) is 23.8 Å². The maximum absolute atomic E-state index is 13.6. The largest absolute Gasteiger partial charge is 0.476 e. The fourth-order valence-electron chi connectivity index (χ4n) is 11.5. The van der Waals surface area contributed by atoms with Gasteiger partial charge in [0.15, 0.2) is 10.8 Å². The van der Waals surface area contributed by atoms with E-state index in [1.165, 1.54) is 17.8 Å². The molecule has 53 heavy (non-hydrogen) atoms. The number of amides is 1. The topological polar surface area (TPSA) is 147 Å². The number of hydrogen-bond donors (Lipinski definition) is 3. The highest BCUT2D eigenvalue weighted by molar-refractivity contribution is 7.21. The van der Waals surface area contributed by atoms with E-state index in [9.17, 15) is 14.7 Å². The van der Waals surface area contributed by atoms with E-state index in [1.54, 1.807) is 12.4 Å². The number of carbonyl (C=O) groups is 2. The zero-order chi connectivity index (χ0) is 36.8. The first-order valence-electron chi connectivity index (χ1n) is 18.4. The molecule has 5 aromatic rings. The van der Waals surface area contributed by atoms with E-state index in [4.69, 9.17) is 14.9 Å². The third kappa shape index (κ3) is 5.89. The molecule has 0 radical (unpaired) electrons. The Morgan fingerprint density at radius 2 is 1.79 bits per heavy atom. The van der Waals surface area contributed by atoms with Crippen LogP contribution in [0.5, 0.6) is 0 Å². The maximum atomic E-state index is 13.6. The Morgan fingerprint density at radius 3 is 2.55 bits per heavy atom. The van der Waals surface area contributed by atoms with Crippen molar-refractivity contribution in [2.24, 2.45) is 16.2 Å². The predicted octanol–water partition coefficient (Wildman–Crippen LogP) is 7.04. The Hall–Kier alpha value is -4.72. The summed E-state index contributed by atoms with van der Waals surface area (Å²) in [6.45, 7) is 8.72. The number of aromatic carboxylic acids is 1. The quantitative estimate of drug-likeness (QED) is 0.135. The number of pyridine rings is 2. The van der Waals surface area contributed by atoms with Crippen molar-refractivity contribution >= 4 is 44.5 Å². The number of nitrogens with zero attached hydrogens (tertiary/aromatic N) is 6. The molecule has 4 bridgehead atoms. The average Bonchev–Trinajstić information content (AvgIpc) is 3.67. The Labute approximate surface area is 312 Å². The molecule has 5 aliphatic rings. The van der Waals surface area contributed by atoms with Gasteiger partial charge in [0.25, 0.3) is 5.91 Å². The summed E-state index contributed by atoms with van der Waals surface area (Å²) in [4.78, 5) is 49.1. The highest BCUT2D eigenvalue weighted by Gasteiger charge is 2.66. The fourth-order valence-corrected chi connectivity index (χ4v) is 12.3. The van der Waals surface area contributed by atoms with Gasteiger partial charge in [0.1, 0.15) is 16.2 Å². The molecule has 12 nitrogen and oxygen atoms in total. The second-order valence-corrected chi connectivity index (χ2v) is 17.7. The van der Waals surface area contributed by atoms with E-state index in [2.05, 4.69) is 39.3 Å². The van der Waals surface area contributed by atoms with Crippen molar-refractivity contribution < 1.29 is 19.5 Å². The number of hydrogen-bond acceptors (Lipinski definition) is 10. The van der Waals surface area contributed by atoms with Crippen LogP contribution in [0.3, 0.4) is 0 Å². The first kappa shape index (κ1) is 34.1. The number of carbonyl (C=O) groups excluding carboxylic acids is 1. The molecule has 1 amide bonds. The molecule has 4 fully saturated rings. The maximum Gasteiger partial charge on any atom is 0.355 e. The monoisotopic (exact) mass is 732 g/mol. The number of fused-ring (bicyclic) bond motifs is 2. The number of hydroxylamine groups is 1. The first-order valence-corrected chi connectivity index (χ1v) is 19.2. The Kier molecular flexibility index (Phi) is 7.81. The number of aromatic nitrogens is 5. The SMILES string of the molecule is CNOC12CC3(C)CC(C)(CC(Cn4ncc(-c5ccc(N6CCc7cccc(C(=O)Nc8nc9cccnc9s8)c7C6)nc5C(=O)O)c4C)(C3)C1)C2. The minimum absolute atomic E-state index is 0.0115. The molecule has 1 aliphatic heterocycles. The molecule has 3 N–H and O–H groups in total. The first-order chi connectivity index (χ1) is 25.4. The van der Waals surface area contributed by atoms with Crippen LogP contribution in [0.1, 0.15) is 90.0 Å². The number of rotatable bonds is 9. The Morgan fingerprint density at radius 1 is 0.981 bits per heavy atom. The lowest BCUT2D eigenvalue weighted by Crippen LogP contribution is -2.65. The Bertz CT molecular complexity index is 2250. The van der Waals surface area contributed by atoms with Crippen LogP contribution in [-0.4, -0.2) is 60.9 Å². The molecule has 0 spiro atoms. The third-order valence-electron chi connectivity index (χ3n) is 12.2. The van der Waals surface area contributed by atoms with E-state index >= 15 is 0 Å². The van der Waals surface area contributed by atoms with Gasteiger partial charge in [0.05, 0.1) is 11.8 Å². The molecule has 5 heterocycles. The van der Waals surface area contributed by atoms with Crippen LogP contribution in [0.4, 0.5) is 10.9 Å². The van der Waals surface area contributed by atoms with Crippen molar-refractivity contribution in [3.8, 4) is 11.1 Å². The van der Waals surface area contributed by atoms with E-state index < -0.39 is 5.97 Å². The number of nitrogens with one attached hydrogen (secondary N) is 2. The van der Waals surface area contributed by atoms with Crippen molar-refractivity contribution in [1.29, 1.82) is 0 Å². The van der Waals surface area contributed by atoms with E-state index in [0.717, 1.165) is 71.4 Å². The van der Waals surface area contributed by atoms with Crippen molar-refractivity contribution in [2.45, 2.75) is 84.4 Å². The van der Waals surface area contributed by atoms with Gasteiger partial charge in [-0.15, -0.1) is 0 Å². The van der Waals surface area contributed by atoms with Crippen LogP contribution in [0.15, 0.2) is 54.9 Å². The normalized spacial score (nSPS) is 27.3. The second-order valence-electron chi connectivity index (χ2n) is 16.8. The minimum atomic E-state index is -1.09. The molecule has 1 aromatic carbocycles. The summed E-state index contributed by atoms with van der Waals surface area (Å²) in [6, 6.07) is 13.2. The molecule has 13 heteroatoms. The molecule has 2 atom stereocenters. The van der Waals surface area contributed by atoms with Gasteiger partial charge < -0.3 is 10.0 Å². The van der Waals surface area contributed by atoms with Crippen molar-refractivity contribution in [3.05, 3.63) is 82.9 Å². The summed E-state index contributed by atoms with van der Waals surface area (Å²) in [5.74, 6) is -0.782. The summed E-state index contributed by atoms with van der Waals surface area (Å²) >= 11 is 1.33. The number of anilines is 2. The van der Waals surface area contributed by atoms with Gasteiger partial charge in [0.2, 0.25) is 0 Å². The highest BCUT2D eigenvalue weighted by atomic mass is 32.1. The lowest BCUT2D eigenvalue weighted by Gasteiger charge is -2.68. The van der Waals surface area contributed by atoms with Gasteiger partial charge in [-0.05, 0) is 110 Å². The summed E-state index contributed by atoms with van der Waals surface area (Å²) < 4.78 is 2.08. The molecule has 4 aromatic heterocycles. The summed E-state index contributed by atoms with van der Waals surface area (Å²) in [5.41, 5.74) is 8.86. The molecule has 0 saturated heterocycles. The highest BCUT2D eigenvalue weighted by Crippen LogP contribution is 2.71. The van der Waals surface area contributed by atoms with E-state index in [-0.39, 0.29) is 33.4 Å². The zero-order valence-electron chi connectivity index (χ0n) is 30.5. The smallest absolute Gasteiger partial charge is 0.355 e. The second kappa shape index (κ2) is 12.2. The predicted molar refractivity (Wildman–Crippen MR) is 203 cm³/mol. The van der Waals surface area contributed by atoms with Crippen LogP contribution < -0.4 is 15.7 Å². The molecule has 4 aliphatic carbocycles. The Balaban J connectivity index is 0.974. The molecule has 4 saturated carbocycles. The van der Waals surface area contributed by atoms with Crippen LogP contribution >= 0.6 is 11.3 Å². The van der Waals surface area contributed by atoms with Crippen LogP contribution in [0.2, 0.25) is 0 Å². The van der Waals surface area contributed by atoms with Gasteiger partial charge in [0, 0.05) is 55.3 Å². The summed E-state index contributed by atoms with van der Waals surface area (Å²) in [6.07, 6.45) is 10.8. The molecular formula is C40H44N8O4S. The third-order valence-corrected chi connectivity index (χ3v) is 13.1. The molecule has 10 rings (SSSR count). The van der Waals surface area contributed by atoms with Gasteiger partial charge in [-0.1, -0.05) is 37.3 Å². The standard InChI is InChI=1S/C40H44N8O4S/c1-24-28(15-43-48(24)23-39-18-37(2)17-38(3,19-39)21-40(20-37,22-39)52-41-4)26-10-11-31(45-32(26)35(50)51)47-14-12-25-7-5-8-27(29(25)16-47)33(49)46-36-44-30-9-6-13-42-34(30)53-36/h5-11,13,15,41H,12,14,16-23H2,1-4H3,(H,50,51)(H,44,46,49). The average molecular weight is 733 g/mol. The number of carboxylic acid groups (broad SMARTS) is 1. The summed E-state index contributed by atoms with van der Waals surface area (Å²) in [7, 11) is 1.87. The fraction of sp³-hybridized carbons (Fsp3) is 0.450. The van der Waals surface area contributed by atoms with E-state index in [0.29, 0.717) is 41.6 Å². The zero-order valence-corrected chi connectivity index (χ0v) is 31.3. The lowest BCUT2D eigenvalue weighted by atomic mass is 9.39. The van der Waals surface area contributed by atoms with Crippen LogP contribution in [0.25, 0.3) is 21.5 Å². The summed E-state index contributed by atoms with van der Waals surface area (Å²) in [5, 5.41) is 18.8. The molecule has 274 valence electrons. The van der Waals surface area contributed by atoms with E-state index in [1.807, 2.05) is 61.3 Å². The van der Waals surface area contributed by atoms with Crippen molar-refractivity contribution in [3.63, 3.8) is 0 Å². The van der Waals surface area contributed by atoms with Gasteiger partial charge in [-0.2, -0.15) is 5.10 Å². The number of carboxylic acids is 1. The van der Waals surface area contributed by atoms with Crippen LogP contribution in [-0.2, 0) is 24.3 Å². The van der Waals surface area contributed by atoms with Gasteiger partial charge >= 0.3 is 5.97 Å². The molecular weight excluding hydrogens is 689 g/mol. The van der Waals surface area contributed by atoms with Crippen LogP contribution in [0, 0.1) is 23.2 Å².